The number of rotatable bonds is 6. The van der Waals surface area contributed by atoms with E-state index in [1.807, 2.05) is 24.4 Å². The van der Waals surface area contributed by atoms with Crippen molar-refractivity contribution in [2.45, 2.75) is 13.1 Å². The summed E-state index contributed by atoms with van der Waals surface area (Å²) < 4.78 is 5.34. The van der Waals surface area contributed by atoms with Crippen molar-refractivity contribution in [3.8, 4) is 17.0 Å². The zero-order valence-electron chi connectivity index (χ0n) is 14.5. The molecule has 5 heteroatoms. The van der Waals surface area contributed by atoms with Gasteiger partial charge < -0.3 is 10.1 Å². The van der Waals surface area contributed by atoms with E-state index in [-0.39, 0.29) is 0 Å². The first kappa shape index (κ1) is 16.7. The van der Waals surface area contributed by atoms with E-state index in [9.17, 15) is 0 Å². The Hall–Kier alpha value is -2.76. The minimum absolute atomic E-state index is 0.745. The summed E-state index contributed by atoms with van der Waals surface area (Å²) in [6, 6.07) is 14.4. The molecule has 0 spiro atoms. The first-order valence-corrected chi connectivity index (χ1v) is 9.37. The Morgan fingerprint density at radius 1 is 1.12 bits per heavy atom. The molecule has 4 nitrogen and oxygen atoms in total. The van der Waals surface area contributed by atoms with Crippen LogP contribution < -0.4 is 10.1 Å². The molecule has 26 heavy (non-hydrogen) atoms. The van der Waals surface area contributed by atoms with Crippen molar-refractivity contribution in [3.63, 3.8) is 0 Å². The summed E-state index contributed by atoms with van der Waals surface area (Å²) in [7, 11) is 1.68. The van der Waals surface area contributed by atoms with Crippen LogP contribution in [0.3, 0.4) is 0 Å². The minimum Gasteiger partial charge on any atom is -0.497 e. The molecule has 0 amide bonds. The minimum atomic E-state index is 0.745. The molecule has 0 saturated carbocycles. The highest BCUT2D eigenvalue weighted by Crippen LogP contribution is 2.29. The van der Waals surface area contributed by atoms with Crippen molar-refractivity contribution in [2.75, 3.05) is 7.11 Å². The highest BCUT2D eigenvalue weighted by atomic mass is 32.1. The van der Waals surface area contributed by atoms with Gasteiger partial charge in [0.2, 0.25) is 0 Å². The van der Waals surface area contributed by atoms with Crippen molar-refractivity contribution >= 4 is 22.2 Å². The molecule has 0 aliphatic carbocycles. The average molecular weight is 361 g/mol. The molecule has 4 rings (SSSR count). The summed E-state index contributed by atoms with van der Waals surface area (Å²) in [6.45, 7) is 1.52. The molecular formula is C21H19N3OS. The van der Waals surface area contributed by atoms with Crippen LogP contribution >= 0.6 is 11.3 Å². The molecule has 0 bridgehead atoms. The van der Waals surface area contributed by atoms with E-state index < -0.39 is 0 Å². The van der Waals surface area contributed by atoms with Crippen LogP contribution in [0.15, 0.2) is 65.6 Å². The van der Waals surface area contributed by atoms with Gasteiger partial charge in [0.25, 0.3) is 0 Å². The highest BCUT2D eigenvalue weighted by Gasteiger charge is 2.10. The molecule has 1 aromatic carbocycles. The van der Waals surface area contributed by atoms with Crippen LogP contribution in [0.25, 0.3) is 22.2 Å². The fraction of sp³-hybridized carbons (Fsp3) is 0.143. The standard InChI is InChI=1S/C21H19N3OS/c1-25-19-5-4-16-9-18(13-23-12-15-3-2-7-22-11-15)21(24-20(16)10-19)17-6-8-26-14-17/h2-11,14,23H,12-13H2,1H3. The van der Waals surface area contributed by atoms with Crippen LogP contribution in [0.1, 0.15) is 11.1 Å². The number of methoxy groups -OCH3 is 1. The maximum Gasteiger partial charge on any atom is 0.121 e. The smallest absolute Gasteiger partial charge is 0.121 e. The molecule has 130 valence electrons. The van der Waals surface area contributed by atoms with Gasteiger partial charge in [0.15, 0.2) is 0 Å². The average Bonchev–Trinajstić information content (AvgIpc) is 3.22. The monoisotopic (exact) mass is 361 g/mol. The molecule has 1 N–H and O–H groups in total. The van der Waals surface area contributed by atoms with Crippen LogP contribution in [-0.2, 0) is 13.1 Å². The molecule has 0 saturated heterocycles. The van der Waals surface area contributed by atoms with Gasteiger partial charge in [0.1, 0.15) is 5.75 Å². The number of ether oxygens (including phenoxy) is 1. The molecule has 0 aliphatic rings. The summed E-state index contributed by atoms with van der Waals surface area (Å²) in [4.78, 5) is 9.09. The second kappa shape index (κ2) is 7.64. The second-order valence-electron chi connectivity index (χ2n) is 6.03. The summed E-state index contributed by atoms with van der Waals surface area (Å²) in [5.41, 5.74) is 5.47. The van der Waals surface area contributed by atoms with E-state index in [1.54, 1.807) is 24.6 Å². The van der Waals surface area contributed by atoms with Crippen molar-refractivity contribution in [1.82, 2.24) is 15.3 Å². The van der Waals surface area contributed by atoms with Gasteiger partial charge in [-0.05, 0) is 46.8 Å². The Morgan fingerprint density at radius 3 is 2.85 bits per heavy atom. The van der Waals surface area contributed by atoms with Crippen LogP contribution in [0.4, 0.5) is 0 Å². The van der Waals surface area contributed by atoms with E-state index in [0.29, 0.717) is 0 Å². The fourth-order valence-corrected chi connectivity index (χ4v) is 3.59. The lowest BCUT2D eigenvalue weighted by molar-refractivity contribution is 0.415. The number of fused-ring (bicyclic) bond motifs is 1. The van der Waals surface area contributed by atoms with E-state index in [1.165, 1.54) is 11.1 Å². The number of benzene rings is 1. The Balaban J connectivity index is 1.66. The first-order valence-electron chi connectivity index (χ1n) is 8.43. The number of nitrogens with one attached hydrogen (secondary N) is 1. The molecule has 0 radical (unpaired) electrons. The maximum atomic E-state index is 5.34. The van der Waals surface area contributed by atoms with Gasteiger partial charge in [-0.3, -0.25) is 4.98 Å². The molecule has 4 aromatic rings. The number of nitrogens with zero attached hydrogens (tertiary/aromatic N) is 2. The van der Waals surface area contributed by atoms with Crippen LogP contribution in [0.2, 0.25) is 0 Å². The van der Waals surface area contributed by atoms with Gasteiger partial charge in [0, 0.05) is 47.9 Å². The SMILES string of the molecule is COc1ccc2cc(CNCc3cccnc3)c(-c3ccsc3)nc2c1. The van der Waals surface area contributed by atoms with Crippen LogP contribution in [-0.4, -0.2) is 17.1 Å². The number of aromatic nitrogens is 2. The zero-order chi connectivity index (χ0) is 17.8. The second-order valence-corrected chi connectivity index (χ2v) is 6.81. The molecule has 0 unspecified atom stereocenters. The predicted octanol–water partition coefficient (Wildman–Crippen LogP) is 4.66. The molecular weight excluding hydrogens is 342 g/mol. The molecule has 3 aromatic heterocycles. The molecule has 0 fully saturated rings. The lowest BCUT2D eigenvalue weighted by Crippen LogP contribution is -2.14. The summed E-state index contributed by atoms with van der Waals surface area (Å²) in [5, 5.41) is 8.84. The van der Waals surface area contributed by atoms with Crippen molar-refractivity contribution < 1.29 is 4.74 Å². The van der Waals surface area contributed by atoms with Gasteiger partial charge in [-0.15, -0.1) is 0 Å². The van der Waals surface area contributed by atoms with Crippen LogP contribution in [0, 0.1) is 0 Å². The summed E-state index contributed by atoms with van der Waals surface area (Å²) in [5.74, 6) is 0.823. The van der Waals surface area contributed by atoms with Gasteiger partial charge in [0.05, 0.1) is 18.3 Å². The fourth-order valence-electron chi connectivity index (χ4n) is 2.95. The largest absolute Gasteiger partial charge is 0.497 e. The summed E-state index contributed by atoms with van der Waals surface area (Å²) >= 11 is 1.68. The van der Waals surface area contributed by atoms with E-state index >= 15 is 0 Å². The van der Waals surface area contributed by atoms with E-state index in [2.05, 4.69) is 45.3 Å². The van der Waals surface area contributed by atoms with Gasteiger partial charge in [-0.2, -0.15) is 11.3 Å². The van der Waals surface area contributed by atoms with E-state index in [4.69, 9.17) is 9.72 Å². The van der Waals surface area contributed by atoms with Crippen molar-refractivity contribution in [3.05, 3.63) is 76.7 Å². The topological polar surface area (TPSA) is 47.0 Å². The molecule has 3 heterocycles. The van der Waals surface area contributed by atoms with Gasteiger partial charge in [-0.1, -0.05) is 6.07 Å². The van der Waals surface area contributed by atoms with Gasteiger partial charge in [-0.25, -0.2) is 4.98 Å². The number of pyridine rings is 2. The lowest BCUT2D eigenvalue weighted by atomic mass is 10.0. The number of thiophene rings is 1. The zero-order valence-corrected chi connectivity index (χ0v) is 15.3. The molecule has 0 aliphatic heterocycles. The predicted molar refractivity (Wildman–Crippen MR) is 106 cm³/mol. The normalized spacial score (nSPS) is 11.0. The Labute approximate surface area is 156 Å². The Morgan fingerprint density at radius 2 is 2.08 bits per heavy atom. The third kappa shape index (κ3) is 3.59. The maximum absolute atomic E-state index is 5.34. The van der Waals surface area contributed by atoms with Crippen molar-refractivity contribution in [2.24, 2.45) is 0 Å². The van der Waals surface area contributed by atoms with Gasteiger partial charge >= 0.3 is 0 Å². The van der Waals surface area contributed by atoms with E-state index in [0.717, 1.165) is 41.0 Å². The third-order valence-electron chi connectivity index (χ3n) is 4.27. The number of hydrogen-bond donors (Lipinski definition) is 1. The lowest BCUT2D eigenvalue weighted by Gasteiger charge is -2.12. The molecule has 0 atom stereocenters. The number of hydrogen-bond acceptors (Lipinski definition) is 5. The Kier molecular flexibility index (Phi) is 4.91. The van der Waals surface area contributed by atoms with Crippen molar-refractivity contribution in [1.29, 1.82) is 0 Å². The summed E-state index contributed by atoms with van der Waals surface area (Å²) in [6.07, 6.45) is 3.68. The Bertz CT molecular complexity index is 1000. The quantitative estimate of drug-likeness (QED) is 0.543. The first-order chi connectivity index (χ1) is 12.8. The van der Waals surface area contributed by atoms with Crippen LogP contribution in [0.5, 0.6) is 5.75 Å². The highest BCUT2D eigenvalue weighted by molar-refractivity contribution is 7.08. The third-order valence-corrected chi connectivity index (χ3v) is 4.95.